The first-order valence-electron chi connectivity index (χ1n) is 6.29. The molecule has 2 heteroatoms. The Kier molecular flexibility index (Phi) is 3.11. The zero-order chi connectivity index (χ0) is 12.5. The molecule has 2 aromatic carbocycles. The minimum Gasteiger partial charge on any atom is -0.384 e. The lowest BCUT2D eigenvalue weighted by Crippen LogP contribution is -2.00. The molecule has 1 atom stereocenters. The van der Waals surface area contributed by atoms with Gasteiger partial charge in [-0.15, -0.1) is 0 Å². The fourth-order valence-corrected chi connectivity index (χ4v) is 2.73. The van der Waals surface area contributed by atoms with E-state index >= 15 is 0 Å². The van der Waals surface area contributed by atoms with Crippen LogP contribution in [-0.2, 0) is 12.8 Å². The number of halogens is 1. The predicted molar refractivity (Wildman–Crippen MR) is 74.0 cm³/mol. The Morgan fingerprint density at radius 3 is 2.33 bits per heavy atom. The second-order valence-electron chi connectivity index (χ2n) is 4.84. The van der Waals surface area contributed by atoms with Gasteiger partial charge in [-0.2, -0.15) is 0 Å². The van der Waals surface area contributed by atoms with Crippen LogP contribution in [0.5, 0.6) is 0 Å². The Morgan fingerprint density at radius 1 is 0.889 bits per heavy atom. The van der Waals surface area contributed by atoms with Crippen LogP contribution in [0.4, 0.5) is 0 Å². The van der Waals surface area contributed by atoms with E-state index in [-0.39, 0.29) is 0 Å². The quantitative estimate of drug-likeness (QED) is 0.866. The highest BCUT2D eigenvalue weighted by Crippen LogP contribution is 2.28. The maximum Gasteiger partial charge on any atom is 0.104 e. The molecule has 1 aliphatic rings. The van der Waals surface area contributed by atoms with Gasteiger partial charge in [-0.05, 0) is 53.6 Å². The molecule has 0 fully saturated rings. The lowest BCUT2D eigenvalue weighted by atomic mass is 9.98. The predicted octanol–water partition coefficient (Wildman–Crippen LogP) is 3.91. The van der Waals surface area contributed by atoms with Gasteiger partial charge < -0.3 is 5.11 Å². The number of aliphatic hydroxyl groups is 1. The van der Waals surface area contributed by atoms with E-state index in [1.165, 1.54) is 24.0 Å². The summed E-state index contributed by atoms with van der Waals surface area (Å²) in [6.45, 7) is 0. The first kappa shape index (κ1) is 11.8. The van der Waals surface area contributed by atoms with E-state index in [0.717, 1.165) is 17.5 Å². The average molecular weight is 259 g/mol. The summed E-state index contributed by atoms with van der Waals surface area (Å²) in [5.74, 6) is 0. The van der Waals surface area contributed by atoms with E-state index in [9.17, 15) is 5.11 Å². The van der Waals surface area contributed by atoms with Crippen LogP contribution >= 0.6 is 11.6 Å². The number of fused-ring (bicyclic) bond motifs is 1. The van der Waals surface area contributed by atoms with Crippen LogP contribution < -0.4 is 0 Å². The van der Waals surface area contributed by atoms with Crippen molar-refractivity contribution in [3.8, 4) is 0 Å². The molecule has 0 amide bonds. The van der Waals surface area contributed by atoms with Crippen LogP contribution in [-0.4, -0.2) is 5.11 Å². The van der Waals surface area contributed by atoms with Crippen molar-refractivity contribution in [3.05, 3.63) is 69.7 Å². The third-order valence-corrected chi connectivity index (χ3v) is 3.88. The number of aryl methyl sites for hydroxylation is 2. The zero-order valence-electron chi connectivity index (χ0n) is 10.1. The van der Waals surface area contributed by atoms with Gasteiger partial charge in [0.1, 0.15) is 6.10 Å². The lowest BCUT2D eigenvalue weighted by Gasteiger charge is -2.13. The van der Waals surface area contributed by atoms with Gasteiger partial charge in [0.15, 0.2) is 0 Å². The molecular weight excluding hydrogens is 244 g/mol. The van der Waals surface area contributed by atoms with Crippen molar-refractivity contribution in [3.63, 3.8) is 0 Å². The molecule has 0 aromatic heterocycles. The molecule has 92 valence electrons. The molecule has 1 unspecified atom stereocenters. The van der Waals surface area contributed by atoms with Gasteiger partial charge in [0, 0.05) is 5.02 Å². The van der Waals surface area contributed by atoms with Gasteiger partial charge in [-0.1, -0.05) is 41.9 Å². The van der Waals surface area contributed by atoms with Crippen molar-refractivity contribution < 1.29 is 5.11 Å². The van der Waals surface area contributed by atoms with Crippen molar-refractivity contribution in [2.24, 2.45) is 0 Å². The molecule has 0 bridgehead atoms. The molecule has 0 saturated heterocycles. The molecule has 2 aromatic rings. The highest BCUT2D eigenvalue weighted by atomic mass is 35.5. The van der Waals surface area contributed by atoms with Crippen molar-refractivity contribution in [2.75, 3.05) is 0 Å². The minimum absolute atomic E-state index is 0.562. The van der Waals surface area contributed by atoms with Crippen molar-refractivity contribution in [1.29, 1.82) is 0 Å². The molecule has 18 heavy (non-hydrogen) atoms. The van der Waals surface area contributed by atoms with Gasteiger partial charge in [-0.3, -0.25) is 0 Å². The maximum atomic E-state index is 10.4. The maximum absolute atomic E-state index is 10.4. The molecule has 0 saturated carbocycles. The summed E-state index contributed by atoms with van der Waals surface area (Å²) in [6.07, 6.45) is 2.98. The Labute approximate surface area is 112 Å². The molecule has 3 rings (SSSR count). The first-order valence-corrected chi connectivity index (χ1v) is 6.67. The average Bonchev–Trinajstić information content (AvgIpc) is 2.86. The van der Waals surface area contributed by atoms with Crippen molar-refractivity contribution in [2.45, 2.75) is 25.4 Å². The third-order valence-electron chi connectivity index (χ3n) is 3.62. The fourth-order valence-electron chi connectivity index (χ4n) is 2.60. The highest BCUT2D eigenvalue weighted by Gasteiger charge is 2.15. The van der Waals surface area contributed by atoms with Crippen LogP contribution in [0.3, 0.4) is 0 Å². The van der Waals surface area contributed by atoms with E-state index in [1.54, 1.807) is 0 Å². The van der Waals surface area contributed by atoms with Crippen LogP contribution in [0.25, 0.3) is 0 Å². The molecule has 1 nitrogen and oxygen atoms in total. The normalized spacial score (nSPS) is 15.4. The van der Waals surface area contributed by atoms with Crippen LogP contribution in [0.2, 0.25) is 5.02 Å². The number of rotatable bonds is 2. The SMILES string of the molecule is OC(c1ccc(Cl)cc1)c1ccc2c(c1)CCC2. The smallest absolute Gasteiger partial charge is 0.104 e. The summed E-state index contributed by atoms with van der Waals surface area (Å²) in [7, 11) is 0. The summed E-state index contributed by atoms with van der Waals surface area (Å²) in [5, 5.41) is 11.1. The molecule has 0 spiro atoms. The van der Waals surface area contributed by atoms with Gasteiger partial charge in [0.25, 0.3) is 0 Å². The third kappa shape index (κ3) is 2.16. The van der Waals surface area contributed by atoms with Gasteiger partial charge in [0.05, 0.1) is 0 Å². The molecule has 0 aliphatic heterocycles. The largest absolute Gasteiger partial charge is 0.384 e. The number of hydrogen-bond donors (Lipinski definition) is 1. The van der Waals surface area contributed by atoms with E-state index in [0.29, 0.717) is 5.02 Å². The van der Waals surface area contributed by atoms with Gasteiger partial charge in [-0.25, -0.2) is 0 Å². The second-order valence-corrected chi connectivity index (χ2v) is 5.27. The van der Waals surface area contributed by atoms with Crippen molar-refractivity contribution >= 4 is 11.6 Å². The number of benzene rings is 2. The van der Waals surface area contributed by atoms with E-state index in [4.69, 9.17) is 11.6 Å². The monoisotopic (exact) mass is 258 g/mol. The number of aliphatic hydroxyl groups excluding tert-OH is 1. The fraction of sp³-hybridized carbons (Fsp3) is 0.250. The standard InChI is InChI=1S/C16H15ClO/c17-15-8-6-12(7-9-15)16(18)14-5-4-11-2-1-3-13(11)10-14/h4-10,16,18H,1-3H2. The molecule has 1 N–H and O–H groups in total. The van der Waals surface area contributed by atoms with Crippen LogP contribution in [0.15, 0.2) is 42.5 Å². The summed E-state index contributed by atoms with van der Waals surface area (Å²) < 4.78 is 0. The van der Waals surface area contributed by atoms with Gasteiger partial charge >= 0.3 is 0 Å². The van der Waals surface area contributed by atoms with Gasteiger partial charge in [0.2, 0.25) is 0 Å². The molecule has 0 heterocycles. The first-order chi connectivity index (χ1) is 8.74. The zero-order valence-corrected chi connectivity index (χ0v) is 10.8. The molecule has 1 aliphatic carbocycles. The number of hydrogen-bond acceptors (Lipinski definition) is 1. The van der Waals surface area contributed by atoms with Crippen LogP contribution in [0, 0.1) is 0 Å². The van der Waals surface area contributed by atoms with E-state index in [2.05, 4.69) is 12.1 Å². The van der Waals surface area contributed by atoms with E-state index < -0.39 is 6.10 Å². The topological polar surface area (TPSA) is 20.2 Å². The molecular formula is C16H15ClO. The van der Waals surface area contributed by atoms with E-state index in [1.807, 2.05) is 30.3 Å². The summed E-state index contributed by atoms with van der Waals surface area (Å²) in [5.41, 5.74) is 4.68. The second kappa shape index (κ2) is 4.75. The van der Waals surface area contributed by atoms with Crippen molar-refractivity contribution in [1.82, 2.24) is 0 Å². The molecule has 0 radical (unpaired) electrons. The lowest BCUT2D eigenvalue weighted by molar-refractivity contribution is 0.220. The summed E-state index contributed by atoms with van der Waals surface area (Å²) >= 11 is 5.86. The Bertz CT molecular complexity index is 560. The van der Waals surface area contributed by atoms with Crippen LogP contribution in [0.1, 0.15) is 34.8 Å². The Balaban J connectivity index is 1.92. The Hall–Kier alpha value is -1.31. The minimum atomic E-state index is -0.562. The highest BCUT2D eigenvalue weighted by molar-refractivity contribution is 6.30. The Morgan fingerprint density at radius 2 is 1.56 bits per heavy atom. The summed E-state index contributed by atoms with van der Waals surface area (Å²) in [6, 6.07) is 13.7. The summed E-state index contributed by atoms with van der Waals surface area (Å²) in [4.78, 5) is 0.